The summed E-state index contributed by atoms with van der Waals surface area (Å²) in [6.45, 7) is 3.63. The third kappa shape index (κ3) is 6.12. The number of thiophene rings is 1. The van der Waals surface area contributed by atoms with Crippen molar-refractivity contribution in [3.05, 3.63) is 41.0 Å². The lowest BCUT2D eigenvalue weighted by Gasteiger charge is -2.49. The summed E-state index contributed by atoms with van der Waals surface area (Å²) in [6.07, 6.45) is 0.835. The van der Waals surface area contributed by atoms with Gasteiger partial charge in [0, 0.05) is 23.5 Å². The van der Waals surface area contributed by atoms with Crippen LogP contribution in [0.3, 0.4) is 0 Å². The fourth-order valence-corrected chi connectivity index (χ4v) is 8.85. The Morgan fingerprint density at radius 1 is 1.16 bits per heavy atom. The first kappa shape index (κ1) is 33.6. The Kier molecular flexibility index (Phi) is 8.77. The van der Waals surface area contributed by atoms with Gasteiger partial charge in [-0.2, -0.15) is 28.4 Å². The van der Waals surface area contributed by atoms with Crippen molar-refractivity contribution >= 4 is 37.3 Å². The number of ether oxygens (including phenoxy) is 2. The van der Waals surface area contributed by atoms with Gasteiger partial charge in [0.15, 0.2) is 5.82 Å². The van der Waals surface area contributed by atoms with Gasteiger partial charge < -0.3 is 20.5 Å². The zero-order valence-electron chi connectivity index (χ0n) is 26.6. The fraction of sp³-hybridized carbons (Fsp3) is 0.500. The SMILES string of the molecule is COc1nc(OC2CC3(CCNCC3)C2)c2cc(C(F)(F)F)c(-c3ccc(F)c4sc(N)c(C#N)c34)c(F)c2n1.FC1CC2CCCN2C1. The van der Waals surface area contributed by atoms with Crippen molar-refractivity contribution in [2.45, 2.75) is 69.4 Å². The van der Waals surface area contributed by atoms with Crippen LogP contribution in [0, 0.1) is 28.4 Å². The van der Waals surface area contributed by atoms with Crippen molar-refractivity contribution in [3.8, 4) is 29.1 Å². The van der Waals surface area contributed by atoms with Crippen LogP contribution in [0.15, 0.2) is 18.2 Å². The van der Waals surface area contributed by atoms with Gasteiger partial charge in [0.1, 0.15) is 34.7 Å². The van der Waals surface area contributed by atoms with Crippen molar-refractivity contribution < 1.29 is 35.8 Å². The maximum Gasteiger partial charge on any atom is 0.417 e. The number of rotatable bonds is 4. The van der Waals surface area contributed by atoms with Crippen LogP contribution in [-0.2, 0) is 6.18 Å². The molecule has 1 spiro atoms. The standard InChI is InChI=1S/C27H22F5N5O2S.C7H12FN/c1-38-25-36-21-14(24(37-25)39-12-9-26(10-12)4-6-35-7-5-26)8-16(27(30,31)32)19(20(21)29)13-2-3-17(28)22-18(13)15(11-33)23(34)40-22;8-6-4-7-2-1-3-9(7)5-6/h2-3,8,12,35H,4-7,9-10,34H2,1H3;6-7H,1-5H2. The molecule has 2 aromatic carbocycles. The summed E-state index contributed by atoms with van der Waals surface area (Å²) in [7, 11) is 1.25. The molecule has 15 heteroatoms. The Balaban J connectivity index is 0.000000361. The molecule has 260 valence electrons. The zero-order chi connectivity index (χ0) is 34.7. The first-order valence-corrected chi connectivity index (χ1v) is 17.0. The molecule has 0 radical (unpaired) electrons. The number of benzene rings is 2. The summed E-state index contributed by atoms with van der Waals surface area (Å²) in [6, 6.07) is 4.78. The van der Waals surface area contributed by atoms with Crippen LogP contribution in [0.25, 0.3) is 32.1 Å². The molecule has 1 aliphatic carbocycles. The smallest absolute Gasteiger partial charge is 0.417 e. The van der Waals surface area contributed by atoms with Crippen molar-refractivity contribution in [2.75, 3.05) is 39.0 Å². The third-order valence-electron chi connectivity index (χ3n) is 10.3. The number of nitrogens with zero attached hydrogens (tertiary/aromatic N) is 4. The van der Waals surface area contributed by atoms with E-state index in [2.05, 4.69) is 20.2 Å². The summed E-state index contributed by atoms with van der Waals surface area (Å²) < 4.78 is 98.1. The Bertz CT molecular complexity index is 1940. The molecule has 1 saturated carbocycles. The highest BCUT2D eigenvalue weighted by atomic mass is 32.1. The highest BCUT2D eigenvalue weighted by Gasteiger charge is 2.46. The minimum Gasteiger partial charge on any atom is -0.474 e. The second kappa shape index (κ2) is 12.8. The van der Waals surface area contributed by atoms with Gasteiger partial charge in [0.25, 0.3) is 0 Å². The van der Waals surface area contributed by atoms with Crippen LogP contribution in [0.2, 0.25) is 0 Å². The second-order valence-corrected chi connectivity index (χ2v) is 14.3. The molecule has 3 N–H and O–H groups in total. The molecular formula is C34H34F6N6O2S. The van der Waals surface area contributed by atoms with E-state index in [1.54, 1.807) is 6.07 Å². The number of fused-ring (bicyclic) bond motifs is 3. The maximum atomic E-state index is 16.3. The van der Waals surface area contributed by atoms with Crippen LogP contribution >= 0.6 is 11.3 Å². The number of methoxy groups -OCH3 is 1. The van der Waals surface area contributed by atoms with Gasteiger partial charge in [0.2, 0.25) is 5.88 Å². The molecule has 4 aliphatic rings. The zero-order valence-corrected chi connectivity index (χ0v) is 27.4. The molecule has 49 heavy (non-hydrogen) atoms. The predicted octanol–water partition coefficient (Wildman–Crippen LogP) is 7.37. The number of nitriles is 1. The lowest BCUT2D eigenvalue weighted by atomic mass is 9.62. The van der Waals surface area contributed by atoms with E-state index in [9.17, 15) is 27.2 Å². The molecule has 0 bridgehead atoms. The number of nitrogen functional groups attached to an aromatic ring is 1. The summed E-state index contributed by atoms with van der Waals surface area (Å²) in [5.74, 6) is -2.34. The number of alkyl halides is 4. The van der Waals surface area contributed by atoms with E-state index in [0.717, 1.165) is 57.1 Å². The van der Waals surface area contributed by atoms with E-state index in [1.165, 1.54) is 20.0 Å². The molecule has 2 atom stereocenters. The van der Waals surface area contributed by atoms with Crippen LogP contribution < -0.4 is 20.5 Å². The number of hydrogen-bond acceptors (Lipinski definition) is 9. The van der Waals surface area contributed by atoms with Crippen LogP contribution in [-0.4, -0.2) is 66.5 Å². The van der Waals surface area contributed by atoms with Crippen molar-refractivity contribution in [1.82, 2.24) is 20.2 Å². The molecule has 4 aromatic rings. The van der Waals surface area contributed by atoms with Gasteiger partial charge in [0.05, 0.1) is 28.3 Å². The normalized spacial score (nSPS) is 22.1. The largest absolute Gasteiger partial charge is 0.474 e. The lowest BCUT2D eigenvalue weighted by Crippen LogP contribution is -2.49. The highest BCUT2D eigenvalue weighted by Crippen LogP contribution is 2.51. The first-order chi connectivity index (χ1) is 23.4. The Morgan fingerprint density at radius 2 is 1.92 bits per heavy atom. The van der Waals surface area contributed by atoms with E-state index in [4.69, 9.17) is 15.2 Å². The molecule has 4 fully saturated rings. The van der Waals surface area contributed by atoms with Gasteiger partial charge in [-0.1, -0.05) is 6.07 Å². The van der Waals surface area contributed by atoms with Crippen LogP contribution in [0.4, 0.5) is 31.3 Å². The average molecular weight is 705 g/mol. The quantitative estimate of drug-likeness (QED) is 0.212. The number of aromatic nitrogens is 2. The van der Waals surface area contributed by atoms with E-state index >= 15 is 4.39 Å². The molecule has 8 rings (SSSR count). The number of hydrogen-bond donors (Lipinski definition) is 2. The van der Waals surface area contributed by atoms with Gasteiger partial charge in [-0.05, 0) is 87.7 Å². The monoisotopic (exact) mass is 704 g/mol. The summed E-state index contributed by atoms with van der Waals surface area (Å²) in [5.41, 5.74) is 2.72. The molecule has 0 amide bonds. The summed E-state index contributed by atoms with van der Waals surface area (Å²) >= 11 is 0.702. The molecule has 5 heterocycles. The maximum absolute atomic E-state index is 16.3. The number of anilines is 1. The molecule has 3 saturated heterocycles. The van der Waals surface area contributed by atoms with Crippen LogP contribution in [0.5, 0.6) is 11.9 Å². The topological polar surface area (TPSA) is 109 Å². The fourth-order valence-electron chi connectivity index (χ4n) is 7.90. The summed E-state index contributed by atoms with van der Waals surface area (Å²) in [4.78, 5) is 10.4. The van der Waals surface area contributed by atoms with E-state index < -0.39 is 40.6 Å². The Hall–Kier alpha value is -3.87. The first-order valence-electron chi connectivity index (χ1n) is 16.2. The van der Waals surface area contributed by atoms with Crippen molar-refractivity contribution in [2.24, 2.45) is 5.41 Å². The van der Waals surface area contributed by atoms with Crippen molar-refractivity contribution in [1.29, 1.82) is 5.26 Å². The summed E-state index contributed by atoms with van der Waals surface area (Å²) in [5, 5.41) is 12.4. The van der Waals surface area contributed by atoms with Gasteiger partial charge in [-0.3, -0.25) is 4.90 Å². The van der Waals surface area contributed by atoms with Gasteiger partial charge >= 0.3 is 12.2 Å². The highest BCUT2D eigenvalue weighted by molar-refractivity contribution is 7.23. The van der Waals surface area contributed by atoms with Gasteiger partial charge in [-0.15, -0.1) is 11.3 Å². The van der Waals surface area contributed by atoms with E-state index in [1.807, 2.05) is 0 Å². The molecule has 2 unspecified atom stereocenters. The average Bonchev–Trinajstić information content (AvgIpc) is 3.74. The van der Waals surface area contributed by atoms with Crippen molar-refractivity contribution in [3.63, 3.8) is 0 Å². The van der Waals surface area contributed by atoms with Gasteiger partial charge in [-0.25, -0.2) is 13.2 Å². The molecule has 8 nitrogen and oxygen atoms in total. The Labute approximate surface area is 282 Å². The number of piperidine rings is 1. The molecular weight excluding hydrogens is 670 g/mol. The van der Waals surface area contributed by atoms with E-state index in [-0.39, 0.29) is 55.0 Å². The minimum absolute atomic E-state index is 0.0923. The number of halogens is 6. The lowest BCUT2D eigenvalue weighted by molar-refractivity contribution is -0.137. The third-order valence-corrected chi connectivity index (χ3v) is 11.3. The molecule has 3 aliphatic heterocycles. The second-order valence-electron chi connectivity index (χ2n) is 13.3. The van der Waals surface area contributed by atoms with Crippen LogP contribution in [0.1, 0.15) is 56.1 Å². The number of nitrogens with one attached hydrogen (secondary N) is 1. The minimum atomic E-state index is -5.04. The predicted molar refractivity (Wildman–Crippen MR) is 173 cm³/mol. The van der Waals surface area contributed by atoms with E-state index in [0.29, 0.717) is 36.8 Å². The molecule has 2 aromatic heterocycles. The Morgan fingerprint density at radius 3 is 2.59 bits per heavy atom. The number of nitrogens with two attached hydrogens (primary N) is 1.